The molecule has 5 N–H and O–H groups in total. The molecule has 5 atom stereocenters. The van der Waals surface area contributed by atoms with Crippen molar-refractivity contribution in [3.63, 3.8) is 0 Å². The number of aliphatic hydroxyl groups excluding tert-OH is 4. The Kier molecular flexibility index (Phi) is 5.79. The van der Waals surface area contributed by atoms with Gasteiger partial charge in [-0.25, -0.2) is 9.59 Å². The van der Waals surface area contributed by atoms with Crippen molar-refractivity contribution in [2.45, 2.75) is 30.7 Å². The van der Waals surface area contributed by atoms with Crippen molar-refractivity contribution in [2.75, 3.05) is 6.61 Å². The van der Waals surface area contributed by atoms with Gasteiger partial charge in [-0.15, -0.1) is 0 Å². The zero-order chi connectivity index (χ0) is 24.9. The summed E-state index contributed by atoms with van der Waals surface area (Å²) in [5.41, 5.74) is -1.45. The van der Waals surface area contributed by atoms with Crippen LogP contribution in [0.3, 0.4) is 0 Å². The zero-order valence-corrected chi connectivity index (χ0v) is 17.9. The van der Waals surface area contributed by atoms with E-state index in [9.17, 15) is 35.1 Å². The first-order valence-electron chi connectivity index (χ1n) is 10.6. The lowest BCUT2D eigenvalue weighted by atomic mass is 9.97. The van der Waals surface area contributed by atoms with E-state index < -0.39 is 48.6 Å². The lowest BCUT2D eigenvalue weighted by molar-refractivity contribution is -0.277. The molecule has 3 heterocycles. The Hall–Kier alpha value is -3.74. The number of hydrogen-bond acceptors (Lipinski definition) is 11. The summed E-state index contributed by atoms with van der Waals surface area (Å²) in [5.74, 6) is -0.407. The van der Waals surface area contributed by atoms with Crippen molar-refractivity contribution >= 4 is 21.9 Å². The average molecular weight is 484 g/mol. The van der Waals surface area contributed by atoms with E-state index in [0.29, 0.717) is 10.8 Å². The van der Waals surface area contributed by atoms with E-state index >= 15 is 0 Å². The fraction of sp³-hybridized carbons (Fsp3) is 0.250. The second kappa shape index (κ2) is 8.80. The molecule has 0 spiro atoms. The number of phenolic OH excluding ortho intramolecular Hbond substituents is 1. The van der Waals surface area contributed by atoms with Crippen LogP contribution in [0, 0.1) is 0 Å². The number of rotatable bonds is 4. The first-order valence-corrected chi connectivity index (χ1v) is 10.6. The molecule has 5 unspecified atom stereocenters. The van der Waals surface area contributed by atoms with Gasteiger partial charge in [0.15, 0.2) is 0 Å². The summed E-state index contributed by atoms with van der Waals surface area (Å²) in [5, 5.41) is 51.8. The summed E-state index contributed by atoms with van der Waals surface area (Å²) in [7, 11) is 0. The van der Waals surface area contributed by atoms with Crippen LogP contribution < -0.4 is 16.0 Å². The van der Waals surface area contributed by atoms with Gasteiger partial charge in [0.1, 0.15) is 47.1 Å². The van der Waals surface area contributed by atoms with Gasteiger partial charge >= 0.3 is 11.3 Å². The molecule has 1 aliphatic heterocycles. The Morgan fingerprint density at radius 1 is 0.743 bits per heavy atom. The molecule has 35 heavy (non-hydrogen) atoms. The van der Waals surface area contributed by atoms with Crippen molar-refractivity contribution in [1.82, 2.24) is 0 Å². The van der Waals surface area contributed by atoms with E-state index in [-0.39, 0.29) is 33.8 Å². The maximum absolute atomic E-state index is 12.1. The number of ether oxygens (including phenoxy) is 2. The smallest absolute Gasteiger partial charge is 0.336 e. The van der Waals surface area contributed by atoms with Crippen LogP contribution in [0.2, 0.25) is 0 Å². The molecule has 0 bridgehead atoms. The van der Waals surface area contributed by atoms with Crippen molar-refractivity contribution in [1.29, 1.82) is 0 Å². The Morgan fingerprint density at radius 2 is 1.31 bits per heavy atom. The van der Waals surface area contributed by atoms with Gasteiger partial charge in [0.05, 0.1) is 17.7 Å². The minimum absolute atomic E-state index is 0.00890. The molecule has 0 amide bonds. The van der Waals surface area contributed by atoms with E-state index in [2.05, 4.69) is 0 Å². The van der Waals surface area contributed by atoms with E-state index in [0.717, 1.165) is 0 Å². The quantitative estimate of drug-likeness (QED) is 0.254. The normalized spacial score (nSPS) is 24.6. The molecule has 0 aliphatic carbocycles. The van der Waals surface area contributed by atoms with Gasteiger partial charge in [-0.05, 0) is 36.4 Å². The van der Waals surface area contributed by atoms with Crippen molar-refractivity contribution in [3.8, 4) is 22.6 Å². The Morgan fingerprint density at radius 3 is 1.94 bits per heavy atom. The number of aromatic hydroxyl groups is 1. The molecular formula is C24H20O11. The van der Waals surface area contributed by atoms with Crippen LogP contribution in [0.15, 0.2) is 67.0 Å². The predicted octanol–water partition coefficient (Wildman–Crippen LogP) is 0.451. The highest BCUT2D eigenvalue weighted by molar-refractivity contribution is 6.05. The standard InChI is InChI=1S/C24H20O11/c25-9-14-19(29)20(30)21(31)24(33-14)32-13-6-2-11-4-8-16(28)35-23(11)18(13)17-12(26)5-1-10-3-7-15(27)34-22(10)17/h1-8,14,19-21,24-26,29-31H,9H2. The molecule has 4 aromatic rings. The third-order valence-electron chi connectivity index (χ3n) is 5.86. The molecule has 11 heteroatoms. The zero-order valence-electron chi connectivity index (χ0n) is 17.9. The molecule has 0 saturated carbocycles. The molecular weight excluding hydrogens is 464 g/mol. The summed E-state index contributed by atoms with van der Waals surface area (Å²) < 4.78 is 22.1. The summed E-state index contributed by atoms with van der Waals surface area (Å²) in [4.78, 5) is 24.1. The fourth-order valence-electron chi connectivity index (χ4n) is 4.10. The second-order valence-corrected chi connectivity index (χ2v) is 8.06. The molecule has 1 aliphatic rings. The van der Waals surface area contributed by atoms with Crippen LogP contribution in [0.5, 0.6) is 11.5 Å². The number of aliphatic hydroxyl groups is 4. The maximum atomic E-state index is 12.1. The molecule has 11 nitrogen and oxygen atoms in total. The summed E-state index contributed by atoms with van der Waals surface area (Å²) in [6, 6.07) is 11.2. The number of benzene rings is 2. The Balaban J connectivity index is 1.76. The Bertz CT molecular complexity index is 1520. The van der Waals surface area contributed by atoms with Crippen LogP contribution in [0.25, 0.3) is 33.1 Å². The van der Waals surface area contributed by atoms with Crippen LogP contribution in [-0.2, 0) is 4.74 Å². The third-order valence-corrected chi connectivity index (χ3v) is 5.86. The molecule has 2 aromatic heterocycles. The summed E-state index contributed by atoms with van der Waals surface area (Å²) in [6.07, 6.45) is -7.82. The fourth-order valence-corrected chi connectivity index (χ4v) is 4.10. The molecule has 182 valence electrons. The maximum Gasteiger partial charge on any atom is 0.336 e. The second-order valence-electron chi connectivity index (χ2n) is 8.06. The monoisotopic (exact) mass is 484 g/mol. The van der Waals surface area contributed by atoms with Crippen molar-refractivity contribution in [3.05, 3.63) is 69.4 Å². The first-order chi connectivity index (χ1) is 16.8. The van der Waals surface area contributed by atoms with E-state index in [1.807, 2.05) is 0 Å². The van der Waals surface area contributed by atoms with Crippen LogP contribution in [0.4, 0.5) is 0 Å². The molecule has 1 saturated heterocycles. The number of phenols is 1. The van der Waals surface area contributed by atoms with E-state index in [4.69, 9.17) is 18.3 Å². The number of fused-ring (bicyclic) bond motifs is 2. The molecule has 1 fully saturated rings. The van der Waals surface area contributed by atoms with Crippen molar-refractivity contribution < 1.29 is 43.8 Å². The summed E-state index contributed by atoms with van der Waals surface area (Å²) >= 11 is 0. The van der Waals surface area contributed by atoms with Gasteiger partial charge in [0.25, 0.3) is 0 Å². The van der Waals surface area contributed by atoms with Gasteiger partial charge in [-0.1, -0.05) is 0 Å². The highest BCUT2D eigenvalue weighted by atomic mass is 16.7. The SMILES string of the molecule is O=c1ccc2ccc(O)c(-c3c(OC4OC(CO)C(O)C(O)C4O)ccc4ccc(=O)oc34)c2o1. The third kappa shape index (κ3) is 3.95. The minimum atomic E-state index is -1.72. The van der Waals surface area contributed by atoms with Gasteiger partial charge < -0.3 is 43.8 Å². The average Bonchev–Trinajstić information content (AvgIpc) is 2.84. The van der Waals surface area contributed by atoms with Crippen LogP contribution >= 0.6 is 0 Å². The largest absolute Gasteiger partial charge is 0.507 e. The van der Waals surface area contributed by atoms with Crippen LogP contribution in [0.1, 0.15) is 0 Å². The van der Waals surface area contributed by atoms with Gasteiger partial charge in [-0.2, -0.15) is 0 Å². The van der Waals surface area contributed by atoms with E-state index in [1.165, 1.54) is 42.5 Å². The van der Waals surface area contributed by atoms with E-state index in [1.54, 1.807) is 6.07 Å². The highest BCUT2D eigenvalue weighted by Crippen LogP contribution is 2.45. The van der Waals surface area contributed by atoms with Crippen molar-refractivity contribution in [2.24, 2.45) is 0 Å². The van der Waals surface area contributed by atoms with Crippen LogP contribution in [-0.4, -0.2) is 62.8 Å². The van der Waals surface area contributed by atoms with Gasteiger partial charge in [0, 0.05) is 22.9 Å². The molecule has 5 rings (SSSR count). The Labute approximate surface area is 195 Å². The topological polar surface area (TPSA) is 180 Å². The van der Waals surface area contributed by atoms with Gasteiger partial charge in [-0.3, -0.25) is 0 Å². The summed E-state index contributed by atoms with van der Waals surface area (Å²) in [6.45, 7) is -0.667. The lowest BCUT2D eigenvalue weighted by Crippen LogP contribution is -2.60. The number of hydrogen-bond donors (Lipinski definition) is 5. The lowest BCUT2D eigenvalue weighted by Gasteiger charge is -2.39. The predicted molar refractivity (Wildman–Crippen MR) is 120 cm³/mol. The highest BCUT2D eigenvalue weighted by Gasteiger charge is 2.45. The minimum Gasteiger partial charge on any atom is -0.507 e. The molecule has 0 radical (unpaired) electrons. The molecule has 2 aromatic carbocycles. The first kappa shape index (κ1) is 23.0. The van der Waals surface area contributed by atoms with Gasteiger partial charge in [0.2, 0.25) is 6.29 Å².